The van der Waals surface area contributed by atoms with Crippen molar-refractivity contribution >= 4 is 11.6 Å². The number of aryl methyl sites for hydroxylation is 2. The minimum Gasteiger partial charge on any atom is -0.384 e. The summed E-state index contributed by atoms with van der Waals surface area (Å²) >= 11 is 6.12. The molecule has 0 spiro atoms. The van der Waals surface area contributed by atoms with Crippen LogP contribution < -0.4 is 5.43 Å². The van der Waals surface area contributed by atoms with E-state index in [1.807, 2.05) is 19.1 Å². The van der Waals surface area contributed by atoms with Gasteiger partial charge in [-0.05, 0) is 45.4 Å². The van der Waals surface area contributed by atoms with E-state index in [2.05, 4.69) is 5.10 Å². The first-order valence-corrected chi connectivity index (χ1v) is 6.68. The standard InChI is InChI=1S/C15H17ClN2O2/c1-9-5-6-11(8-12(9)16)18-10(2)7-13(19)14(17-18)15(3,4)20/h5-8,20H,1-4H3. The van der Waals surface area contributed by atoms with E-state index in [-0.39, 0.29) is 11.1 Å². The first-order chi connectivity index (χ1) is 9.20. The molecular formula is C15H17ClN2O2. The van der Waals surface area contributed by atoms with Gasteiger partial charge >= 0.3 is 0 Å². The second kappa shape index (κ2) is 5.04. The number of hydrogen-bond acceptors (Lipinski definition) is 3. The molecule has 106 valence electrons. The number of hydrogen-bond donors (Lipinski definition) is 1. The fraction of sp³-hybridized carbons (Fsp3) is 0.333. The van der Waals surface area contributed by atoms with Crippen molar-refractivity contribution in [2.24, 2.45) is 0 Å². The van der Waals surface area contributed by atoms with Crippen molar-refractivity contribution in [1.82, 2.24) is 9.78 Å². The summed E-state index contributed by atoms with van der Waals surface area (Å²) in [5.74, 6) is 0. The topological polar surface area (TPSA) is 55.1 Å². The minimum absolute atomic E-state index is 0.111. The summed E-state index contributed by atoms with van der Waals surface area (Å²) < 4.78 is 1.61. The van der Waals surface area contributed by atoms with Crippen LogP contribution in [0.3, 0.4) is 0 Å². The van der Waals surface area contributed by atoms with Crippen LogP contribution in [0.5, 0.6) is 0 Å². The van der Waals surface area contributed by atoms with E-state index in [0.29, 0.717) is 10.7 Å². The lowest BCUT2D eigenvalue weighted by molar-refractivity contribution is 0.0709. The Balaban J connectivity index is 2.68. The average Bonchev–Trinajstić information content (AvgIpc) is 2.31. The highest BCUT2D eigenvalue weighted by molar-refractivity contribution is 6.31. The van der Waals surface area contributed by atoms with Crippen LogP contribution in [0.2, 0.25) is 5.02 Å². The largest absolute Gasteiger partial charge is 0.384 e. The van der Waals surface area contributed by atoms with Crippen molar-refractivity contribution in [3.63, 3.8) is 0 Å². The van der Waals surface area contributed by atoms with E-state index in [1.54, 1.807) is 31.5 Å². The molecule has 5 heteroatoms. The van der Waals surface area contributed by atoms with Crippen LogP contribution in [0.25, 0.3) is 5.69 Å². The van der Waals surface area contributed by atoms with Gasteiger partial charge in [0.2, 0.25) is 5.43 Å². The lowest BCUT2D eigenvalue weighted by atomic mass is 10.0. The van der Waals surface area contributed by atoms with Crippen molar-refractivity contribution in [2.45, 2.75) is 33.3 Å². The molecule has 0 unspecified atom stereocenters. The second-order valence-corrected chi connectivity index (χ2v) is 5.81. The van der Waals surface area contributed by atoms with Gasteiger partial charge in [0.25, 0.3) is 0 Å². The Bertz CT molecular complexity index is 715. The van der Waals surface area contributed by atoms with Crippen LogP contribution >= 0.6 is 11.6 Å². The van der Waals surface area contributed by atoms with E-state index < -0.39 is 5.60 Å². The molecule has 0 radical (unpaired) electrons. The molecule has 0 aliphatic heterocycles. The maximum absolute atomic E-state index is 11.9. The number of rotatable bonds is 2. The average molecular weight is 293 g/mol. The van der Waals surface area contributed by atoms with Crippen LogP contribution in [0.15, 0.2) is 29.1 Å². The molecule has 0 saturated carbocycles. The zero-order valence-corrected chi connectivity index (χ0v) is 12.7. The van der Waals surface area contributed by atoms with Gasteiger partial charge in [0.05, 0.1) is 5.69 Å². The Hall–Kier alpha value is -1.65. The van der Waals surface area contributed by atoms with Crippen molar-refractivity contribution < 1.29 is 5.11 Å². The Morgan fingerprint density at radius 1 is 1.25 bits per heavy atom. The highest BCUT2D eigenvalue weighted by Gasteiger charge is 2.23. The van der Waals surface area contributed by atoms with Gasteiger partial charge in [0.15, 0.2) is 0 Å². The maximum atomic E-state index is 11.9. The van der Waals surface area contributed by atoms with Crippen molar-refractivity contribution in [3.05, 3.63) is 56.5 Å². The van der Waals surface area contributed by atoms with Gasteiger partial charge in [-0.3, -0.25) is 4.79 Å². The molecule has 0 amide bonds. The fourth-order valence-corrected chi connectivity index (χ4v) is 2.12. The molecular weight excluding hydrogens is 276 g/mol. The molecule has 2 rings (SSSR count). The third-order valence-electron chi connectivity index (χ3n) is 3.09. The summed E-state index contributed by atoms with van der Waals surface area (Å²) in [5, 5.41) is 14.9. The number of nitrogens with zero attached hydrogens (tertiary/aromatic N) is 2. The first kappa shape index (κ1) is 14.8. The quantitative estimate of drug-likeness (QED) is 0.926. The third-order valence-corrected chi connectivity index (χ3v) is 3.49. The van der Waals surface area contributed by atoms with E-state index in [0.717, 1.165) is 11.3 Å². The lowest BCUT2D eigenvalue weighted by Crippen LogP contribution is -2.30. The first-order valence-electron chi connectivity index (χ1n) is 6.30. The lowest BCUT2D eigenvalue weighted by Gasteiger charge is -2.18. The Morgan fingerprint density at radius 3 is 2.45 bits per heavy atom. The zero-order valence-electron chi connectivity index (χ0n) is 11.9. The molecule has 0 saturated heterocycles. The molecule has 4 nitrogen and oxygen atoms in total. The van der Waals surface area contributed by atoms with Crippen molar-refractivity contribution in [1.29, 1.82) is 0 Å². The van der Waals surface area contributed by atoms with E-state index >= 15 is 0 Å². The Labute approximate surface area is 122 Å². The predicted octanol–water partition coefficient (Wildman–Crippen LogP) is 2.73. The van der Waals surface area contributed by atoms with Crippen molar-refractivity contribution in [3.8, 4) is 5.69 Å². The van der Waals surface area contributed by atoms with E-state index in [9.17, 15) is 9.90 Å². The normalized spacial score (nSPS) is 11.7. The van der Waals surface area contributed by atoms with Gasteiger partial charge in [-0.2, -0.15) is 5.10 Å². The summed E-state index contributed by atoms with van der Waals surface area (Å²) in [6.45, 7) is 6.79. The minimum atomic E-state index is -1.29. The van der Waals surface area contributed by atoms with E-state index in [1.165, 1.54) is 6.07 Å². The molecule has 0 atom stereocenters. The SMILES string of the molecule is Cc1ccc(-n2nc(C(C)(C)O)c(=O)cc2C)cc1Cl. The predicted molar refractivity (Wildman–Crippen MR) is 79.6 cm³/mol. The highest BCUT2D eigenvalue weighted by Crippen LogP contribution is 2.21. The summed E-state index contributed by atoms with van der Waals surface area (Å²) in [4.78, 5) is 11.9. The maximum Gasteiger partial charge on any atom is 0.206 e. The van der Waals surface area contributed by atoms with Gasteiger partial charge < -0.3 is 5.11 Å². The summed E-state index contributed by atoms with van der Waals surface area (Å²) in [6, 6.07) is 7.02. The molecule has 0 aliphatic carbocycles. The number of aliphatic hydroxyl groups is 1. The Morgan fingerprint density at radius 2 is 1.90 bits per heavy atom. The highest BCUT2D eigenvalue weighted by atomic mass is 35.5. The summed E-state index contributed by atoms with van der Waals surface area (Å²) in [7, 11) is 0. The van der Waals surface area contributed by atoms with Gasteiger partial charge in [-0.25, -0.2) is 4.68 Å². The van der Waals surface area contributed by atoms with Gasteiger partial charge in [-0.15, -0.1) is 0 Å². The third kappa shape index (κ3) is 2.76. The number of halogens is 1. The van der Waals surface area contributed by atoms with Crippen LogP contribution in [0.1, 0.15) is 30.8 Å². The molecule has 0 fully saturated rings. The van der Waals surface area contributed by atoms with Crippen LogP contribution in [-0.2, 0) is 5.60 Å². The van der Waals surface area contributed by atoms with Gasteiger partial charge in [0, 0.05) is 16.8 Å². The molecule has 2 aromatic rings. The number of benzene rings is 1. The van der Waals surface area contributed by atoms with Gasteiger partial charge in [0.1, 0.15) is 11.3 Å². The molecule has 0 aliphatic rings. The molecule has 1 N–H and O–H groups in total. The van der Waals surface area contributed by atoms with Gasteiger partial charge in [-0.1, -0.05) is 17.7 Å². The van der Waals surface area contributed by atoms with Crippen LogP contribution in [0.4, 0.5) is 0 Å². The zero-order chi connectivity index (χ0) is 15.1. The molecule has 20 heavy (non-hydrogen) atoms. The van der Waals surface area contributed by atoms with Crippen LogP contribution in [0, 0.1) is 13.8 Å². The van der Waals surface area contributed by atoms with Crippen LogP contribution in [-0.4, -0.2) is 14.9 Å². The molecule has 1 aromatic carbocycles. The summed E-state index contributed by atoms with van der Waals surface area (Å²) in [5.41, 5.74) is 0.953. The Kier molecular flexibility index (Phi) is 3.71. The number of aromatic nitrogens is 2. The monoisotopic (exact) mass is 292 g/mol. The summed E-state index contributed by atoms with van der Waals surface area (Å²) in [6.07, 6.45) is 0. The molecule has 0 bridgehead atoms. The van der Waals surface area contributed by atoms with Crippen molar-refractivity contribution in [2.75, 3.05) is 0 Å². The smallest absolute Gasteiger partial charge is 0.206 e. The van der Waals surface area contributed by atoms with E-state index in [4.69, 9.17) is 11.6 Å². The molecule has 1 heterocycles. The second-order valence-electron chi connectivity index (χ2n) is 5.40. The molecule has 1 aromatic heterocycles. The fourth-order valence-electron chi connectivity index (χ4n) is 1.95.